The molecular weight excluding hydrogens is 394 g/mol. The first-order valence-electron chi connectivity index (χ1n) is 8.90. The summed E-state index contributed by atoms with van der Waals surface area (Å²) in [6.07, 6.45) is 4.32. The molecular formula is C21H22ClN3O2S. The summed E-state index contributed by atoms with van der Waals surface area (Å²) in [5.74, 6) is 1.10. The number of nitrogens with one attached hydrogen (secondary N) is 1. The fourth-order valence-corrected chi connectivity index (χ4v) is 3.83. The van der Waals surface area contributed by atoms with Crippen molar-refractivity contribution in [3.05, 3.63) is 71.0 Å². The van der Waals surface area contributed by atoms with Crippen molar-refractivity contribution in [3.63, 3.8) is 0 Å². The summed E-state index contributed by atoms with van der Waals surface area (Å²) in [6, 6.07) is 13.6. The van der Waals surface area contributed by atoms with E-state index in [0.717, 1.165) is 34.1 Å². The summed E-state index contributed by atoms with van der Waals surface area (Å²) in [6.45, 7) is 2.53. The van der Waals surface area contributed by atoms with Crippen LogP contribution in [0.4, 0.5) is 0 Å². The number of amides is 1. The molecule has 1 heterocycles. The molecule has 28 heavy (non-hydrogen) atoms. The molecule has 0 spiro atoms. The highest BCUT2D eigenvalue weighted by Crippen LogP contribution is 2.26. The van der Waals surface area contributed by atoms with E-state index in [1.165, 1.54) is 11.8 Å². The first-order chi connectivity index (χ1) is 13.6. The number of carbonyl (C=O) groups excluding carboxylic acids is 1. The third-order valence-electron chi connectivity index (χ3n) is 4.35. The Balaban J connectivity index is 1.54. The lowest BCUT2D eigenvalue weighted by molar-refractivity contribution is -0.118. The van der Waals surface area contributed by atoms with Crippen molar-refractivity contribution in [1.29, 1.82) is 0 Å². The summed E-state index contributed by atoms with van der Waals surface area (Å²) in [5, 5.41) is 4.41. The number of methoxy groups -OCH3 is 1. The van der Waals surface area contributed by atoms with Crippen LogP contribution in [0.15, 0.2) is 60.0 Å². The third kappa shape index (κ3) is 4.88. The maximum Gasteiger partial charge on any atom is 0.230 e. The van der Waals surface area contributed by atoms with Gasteiger partial charge in [-0.1, -0.05) is 47.6 Å². The van der Waals surface area contributed by atoms with E-state index in [1.54, 1.807) is 13.3 Å². The second-order valence-electron chi connectivity index (χ2n) is 6.16. The van der Waals surface area contributed by atoms with Gasteiger partial charge in [-0.25, -0.2) is 4.98 Å². The molecule has 1 amide bonds. The molecule has 3 aromatic rings. The van der Waals surface area contributed by atoms with E-state index in [9.17, 15) is 4.79 Å². The average Bonchev–Trinajstić information content (AvgIpc) is 3.17. The monoisotopic (exact) mass is 415 g/mol. The molecule has 0 aliphatic rings. The number of para-hydroxylation sites is 1. The molecule has 3 rings (SSSR count). The summed E-state index contributed by atoms with van der Waals surface area (Å²) < 4.78 is 7.29. The van der Waals surface area contributed by atoms with Crippen LogP contribution in [0.2, 0.25) is 5.02 Å². The van der Waals surface area contributed by atoms with Crippen LogP contribution >= 0.6 is 23.4 Å². The van der Waals surface area contributed by atoms with Gasteiger partial charge >= 0.3 is 0 Å². The SMILES string of the molecule is COc1ccccc1CCNC(=O)CSc1nccn1-c1cccc(Cl)c1C. The van der Waals surface area contributed by atoms with Gasteiger partial charge in [0.2, 0.25) is 5.91 Å². The highest BCUT2D eigenvalue weighted by Gasteiger charge is 2.12. The lowest BCUT2D eigenvalue weighted by atomic mass is 10.1. The third-order valence-corrected chi connectivity index (χ3v) is 5.72. The number of carbonyl (C=O) groups is 1. The number of hydrogen-bond donors (Lipinski definition) is 1. The molecule has 0 saturated carbocycles. The Morgan fingerprint density at radius 1 is 1.25 bits per heavy atom. The van der Waals surface area contributed by atoms with Gasteiger partial charge in [-0.3, -0.25) is 9.36 Å². The van der Waals surface area contributed by atoms with Crippen LogP contribution in [0.5, 0.6) is 5.75 Å². The van der Waals surface area contributed by atoms with Crippen LogP contribution in [0.3, 0.4) is 0 Å². The Bertz CT molecular complexity index is 958. The van der Waals surface area contributed by atoms with Crippen molar-refractivity contribution in [1.82, 2.24) is 14.9 Å². The molecule has 0 radical (unpaired) electrons. The number of nitrogens with zero attached hydrogens (tertiary/aromatic N) is 2. The lowest BCUT2D eigenvalue weighted by Gasteiger charge is -2.12. The smallest absolute Gasteiger partial charge is 0.230 e. The minimum atomic E-state index is -0.0303. The van der Waals surface area contributed by atoms with Gasteiger partial charge in [0.15, 0.2) is 5.16 Å². The van der Waals surface area contributed by atoms with Crippen molar-refractivity contribution in [2.24, 2.45) is 0 Å². The predicted octanol–water partition coefficient (Wildman–Crippen LogP) is 4.29. The van der Waals surface area contributed by atoms with Crippen molar-refractivity contribution in [3.8, 4) is 11.4 Å². The van der Waals surface area contributed by atoms with E-state index in [-0.39, 0.29) is 5.91 Å². The van der Waals surface area contributed by atoms with Crippen LogP contribution in [-0.4, -0.2) is 34.9 Å². The zero-order valence-corrected chi connectivity index (χ0v) is 17.4. The number of rotatable bonds is 8. The molecule has 1 N–H and O–H groups in total. The van der Waals surface area contributed by atoms with E-state index < -0.39 is 0 Å². The molecule has 0 fully saturated rings. The molecule has 0 aliphatic carbocycles. The van der Waals surface area contributed by atoms with E-state index in [1.807, 2.05) is 60.2 Å². The van der Waals surface area contributed by atoms with Gasteiger partial charge in [-0.2, -0.15) is 0 Å². The highest BCUT2D eigenvalue weighted by atomic mass is 35.5. The number of imidazole rings is 1. The van der Waals surface area contributed by atoms with Gasteiger partial charge in [-0.05, 0) is 42.7 Å². The normalized spacial score (nSPS) is 10.7. The van der Waals surface area contributed by atoms with Gasteiger partial charge in [0, 0.05) is 24.0 Å². The van der Waals surface area contributed by atoms with Gasteiger partial charge in [-0.15, -0.1) is 0 Å². The summed E-state index contributed by atoms with van der Waals surface area (Å²) in [4.78, 5) is 16.6. The number of halogens is 1. The fourth-order valence-electron chi connectivity index (χ4n) is 2.86. The van der Waals surface area contributed by atoms with Crippen molar-refractivity contribution < 1.29 is 9.53 Å². The molecule has 7 heteroatoms. The van der Waals surface area contributed by atoms with E-state index in [2.05, 4.69) is 10.3 Å². The van der Waals surface area contributed by atoms with Crippen LogP contribution in [0.25, 0.3) is 5.69 Å². The Morgan fingerprint density at radius 3 is 2.89 bits per heavy atom. The minimum Gasteiger partial charge on any atom is -0.496 e. The van der Waals surface area contributed by atoms with E-state index in [4.69, 9.17) is 16.3 Å². The standard InChI is InChI=1S/C21H22ClN3O2S/c1-15-17(22)7-5-8-18(15)25-13-12-24-21(25)28-14-20(26)23-11-10-16-6-3-4-9-19(16)27-2/h3-9,12-13H,10-11,14H2,1-2H3,(H,23,26). The van der Waals surface area contributed by atoms with Crippen molar-refractivity contribution >= 4 is 29.3 Å². The number of hydrogen-bond acceptors (Lipinski definition) is 4. The lowest BCUT2D eigenvalue weighted by Crippen LogP contribution is -2.27. The average molecular weight is 416 g/mol. The summed E-state index contributed by atoms with van der Waals surface area (Å²) >= 11 is 7.62. The highest BCUT2D eigenvalue weighted by molar-refractivity contribution is 7.99. The summed E-state index contributed by atoms with van der Waals surface area (Å²) in [7, 11) is 1.65. The fraction of sp³-hybridized carbons (Fsp3) is 0.238. The molecule has 1 aromatic heterocycles. The van der Waals surface area contributed by atoms with Gasteiger partial charge in [0.05, 0.1) is 18.6 Å². The summed E-state index contributed by atoms with van der Waals surface area (Å²) in [5.41, 5.74) is 3.01. The van der Waals surface area contributed by atoms with E-state index >= 15 is 0 Å². The Labute approximate surface area is 174 Å². The predicted molar refractivity (Wildman–Crippen MR) is 114 cm³/mol. The number of thioether (sulfide) groups is 1. The quantitative estimate of drug-likeness (QED) is 0.557. The van der Waals surface area contributed by atoms with Crippen molar-refractivity contribution in [2.45, 2.75) is 18.5 Å². The Kier molecular flexibility index (Phi) is 7.01. The molecule has 0 atom stereocenters. The first kappa shape index (κ1) is 20.3. The van der Waals surface area contributed by atoms with Gasteiger partial charge in [0.25, 0.3) is 0 Å². The zero-order valence-electron chi connectivity index (χ0n) is 15.8. The maximum atomic E-state index is 12.2. The molecule has 146 valence electrons. The number of ether oxygens (including phenoxy) is 1. The minimum absolute atomic E-state index is 0.0303. The molecule has 0 saturated heterocycles. The van der Waals surface area contributed by atoms with Crippen LogP contribution in [0, 0.1) is 6.92 Å². The topological polar surface area (TPSA) is 56.1 Å². The van der Waals surface area contributed by atoms with E-state index in [0.29, 0.717) is 17.3 Å². The van der Waals surface area contributed by atoms with Gasteiger partial charge < -0.3 is 10.1 Å². The zero-order chi connectivity index (χ0) is 19.9. The van der Waals surface area contributed by atoms with Gasteiger partial charge in [0.1, 0.15) is 5.75 Å². The molecule has 0 bridgehead atoms. The molecule has 5 nitrogen and oxygen atoms in total. The Hall–Kier alpha value is -2.44. The first-order valence-corrected chi connectivity index (χ1v) is 10.3. The Morgan fingerprint density at radius 2 is 2.07 bits per heavy atom. The number of aromatic nitrogens is 2. The molecule has 0 unspecified atom stereocenters. The van der Waals surface area contributed by atoms with Crippen LogP contribution in [-0.2, 0) is 11.2 Å². The van der Waals surface area contributed by atoms with Crippen LogP contribution < -0.4 is 10.1 Å². The van der Waals surface area contributed by atoms with Crippen LogP contribution in [0.1, 0.15) is 11.1 Å². The number of benzene rings is 2. The maximum absolute atomic E-state index is 12.2. The molecule has 0 aliphatic heterocycles. The largest absolute Gasteiger partial charge is 0.496 e. The second kappa shape index (κ2) is 9.66. The molecule has 2 aromatic carbocycles. The van der Waals surface area contributed by atoms with Crippen molar-refractivity contribution in [2.75, 3.05) is 19.4 Å². The second-order valence-corrected chi connectivity index (χ2v) is 7.51.